The van der Waals surface area contributed by atoms with E-state index in [1.54, 1.807) is 0 Å². The Morgan fingerprint density at radius 1 is 1.33 bits per heavy atom. The Hall–Kier alpha value is -1.72. The minimum absolute atomic E-state index is 0.146. The molecule has 24 heavy (non-hydrogen) atoms. The van der Waals surface area contributed by atoms with Crippen LogP contribution in [0.15, 0.2) is 23.1 Å². The molecule has 0 amide bonds. The van der Waals surface area contributed by atoms with E-state index in [0.717, 1.165) is 12.5 Å². The molecule has 0 heterocycles. The van der Waals surface area contributed by atoms with Gasteiger partial charge in [0.2, 0.25) is 10.0 Å². The number of hydrogen-bond acceptors (Lipinski definition) is 5. The predicted molar refractivity (Wildman–Crippen MR) is 78.6 cm³/mol. The molecule has 7 nitrogen and oxygen atoms in total. The van der Waals surface area contributed by atoms with Gasteiger partial charge in [-0.25, -0.2) is 13.1 Å². The van der Waals surface area contributed by atoms with Gasteiger partial charge in [0.25, 0.3) is 5.69 Å². The monoisotopic (exact) mass is 367 g/mol. The van der Waals surface area contributed by atoms with E-state index in [2.05, 4.69) is 4.72 Å². The summed E-state index contributed by atoms with van der Waals surface area (Å²) < 4.78 is 66.4. The Bertz CT molecular complexity index is 736. The zero-order chi connectivity index (χ0) is 18.1. The smallest absolute Gasteiger partial charge is 0.330 e. The zero-order valence-electron chi connectivity index (χ0n) is 12.4. The number of nitrogens with two attached hydrogens (primary N) is 1. The minimum atomic E-state index is -5.04. The molecule has 1 aliphatic carbocycles. The van der Waals surface area contributed by atoms with Crippen molar-refractivity contribution in [3.8, 4) is 0 Å². The average molecular weight is 367 g/mol. The zero-order valence-corrected chi connectivity index (χ0v) is 13.2. The maximum atomic E-state index is 13.1. The quantitative estimate of drug-likeness (QED) is 0.610. The third-order valence-corrected chi connectivity index (χ3v) is 5.59. The lowest BCUT2D eigenvalue weighted by atomic mass is 10.1. The van der Waals surface area contributed by atoms with Crippen LogP contribution in [0, 0.1) is 16.0 Å². The number of non-ortho nitro benzene ring substituents is 1. The van der Waals surface area contributed by atoms with Crippen molar-refractivity contribution in [1.82, 2.24) is 4.72 Å². The third kappa shape index (κ3) is 3.84. The predicted octanol–water partition coefficient (Wildman–Crippen LogP) is 2.02. The molecule has 3 N–H and O–H groups in total. The minimum Gasteiger partial charge on any atom is -0.330 e. The molecule has 1 aliphatic rings. The molecule has 0 aliphatic heterocycles. The van der Waals surface area contributed by atoms with Crippen LogP contribution >= 0.6 is 0 Å². The van der Waals surface area contributed by atoms with Crippen LogP contribution in [0.25, 0.3) is 0 Å². The second-order valence-electron chi connectivity index (χ2n) is 5.59. The van der Waals surface area contributed by atoms with Crippen molar-refractivity contribution in [2.45, 2.75) is 36.4 Å². The first-order chi connectivity index (χ1) is 11.1. The second kappa shape index (κ2) is 6.65. The summed E-state index contributed by atoms with van der Waals surface area (Å²) in [5, 5.41) is 10.7. The first kappa shape index (κ1) is 18.6. The summed E-state index contributed by atoms with van der Waals surface area (Å²) >= 11 is 0. The maximum absolute atomic E-state index is 13.1. The van der Waals surface area contributed by atoms with Gasteiger partial charge >= 0.3 is 6.18 Å². The van der Waals surface area contributed by atoms with Gasteiger partial charge in [-0.1, -0.05) is 6.42 Å². The standard InChI is InChI=1S/C13H16F3N3O4S/c14-13(15,16)10-6-9(19(20)21)4-5-12(10)24(22,23)18-11-3-1-2-8(11)7-17/h4-6,8,11,18H,1-3,7,17H2. The van der Waals surface area contributed by atoms with Crippen molar-refractivity contribution in [2.24, 2.45) is 11.7 Å². The van der Waals surface area contributed by atoms with E-state index in [0.29, 0.717) is 18.9 Å². The number of nitro benzene ring substituents is 1. The Labute approximate surface area is 136 Å². The second-order valence-corrected chi connectivity index (χ2v) is 7.27. The lowest BCUT2D eigenvalue weighted by Gasteiger charge is -2.21. The van der Waals surface area contributed by atoms with E-state index >= 15 is 0 Å². The summed E-state index contributed by atoms with van der Waals surface area (Å²) in [4.78, 5) is 8.62. The molecular formula is C13H16F3N3O4S. The lowest BCUT2D eigenvalue weighted by Crippen LogP contribution is -2.40. The topological polar surface area (TPSA) is 115 Å². The van der Waals surface area contributed by atoms with Crippen LogP contribution in [0.2, 0.25) is 0 Å². The van der Waals surface area contributed by atoms with Crippen LogP contribution in [0.1, 0.15) is 24.8 Å². The first-order valence-corrected chi connectivity index (χ1v) is 8.62. The van der Waals surface area contributed by atoms with Crippen LogP contribution in [0.3, 0.4) is 0 Å². The highest BCUT2D eigenvalue weighted by molar-refractivity contribution is 7.89. The molecule has 0 spiro atoms. The van der Waals surface area contributed by atoms with Gasteiger partial charge in [0.1, 0.15) is 0 Å². The number of hydrogen-bond donors (Lipinski definition) is 2. The average Bonchev–Trinajstić information content (AvgIpc) is 2.92. The Balaban J connectivity index is 2.44. The number of nitro groups is 1. The molecular weight excluding hydrogens is 351 g/mol. The number of nitrogens with one attached hydrogen (secondary N) is 1. The fourth-order valence-corrected chi connectivity index (χ4v) is 4.37. The highest BCUT2D eigenvalue weighted by Gasteiger charge is 2.40. The molecule has 1 aromatic carbocycles. The molecule has 2 unspecified atom stereocenters. The van der Waals surface area contributed by atoms with Crippen molar-refractivity contribution in [2.75, 3.05) is 6.54 Å². The Morgan fingerprint density at radius 2 is 2.00 bits per heavy atom. The van der Waals surface area contributed by atoms with Gasteiger partial charge in [-0.2, -0.15) is 13.2 Å². The van der Waals surface area contributed by atoms with E-state index in [4.69, 9.17) is 5.73 Å². The van der Waals surface area contributed by atoms with Gasteiger partial charge < -0.3 is 5.73 Å². The van der Waals surface area contributed by atoms with E-state index in [1.165, 1.54) is 0 Å². The maximum Gasteiger partial charge on any atom is 0.417 e. The summed E-state index contributed by atoms with van der Waals surface area (Å²) in [7, 11) is -4.49. The molecule has 1 saturated carbocycles. The molecule has 2 rings (SSSR count). The molecule has 1 fully saturated rings. The van der Waals surface area contributed by atoms with Gasteiger partial charge in [0.05, 0.1) is 15.4 Å². The van der Waals surface area contributed by atoms with Gasteiger partial charge in [0.15, 0.2) is 0 Å². The van der Waals surface area contributed by atoms with Gasteiger partial charge in [-0.05, 0) is 31.4 Å². The van der Waals surface area contributed by atoms with Crippen molar-refractivity contribution in [3.05, 3.63) is 33.9 Å². The van der Waals surface area contributed by atoms with Gasteiger partial charge in [-0.3, -0.25) is 10.1 Å². The van der Waals surface area contributed by atoms with Gasteiger partial charge in [0, 0.05) is 18.2 Å². The summed E-state index contributed by atoms with van der Waals surface area (Å²) in [6, 6.07) is 1.02. The van der Waals surface area contributed by atoms with Crippen LogP contribution in [0.5, 0.6) is 0 Å². The van der Waals surface area contributed by atoms with Crippen LogP contribution in [0.4, 0.5) is 18.9 Å². The molecule has 0 bridgehead atoms. The van der Waals surface area contributed by atoms with Crippen LogP contribution in [-0.4, -0.2) is 25.9 Å². The Morgan fingerprint density at radius 3 is 2.54 bits per heavy atom. The van der Waals surface area contributed by atoms with Gasteiger partial charge in [-0.15, -0.1) is 0 Å². The number of sulfonamides is 1. The van der Waals surface area contributed by atoms with E-state index < -0.39 is 43.3 Å². The summed E-state index contributed by atoms with van der Waals surface area (Å²) in [6.07, 6.45) is -3.15. The number of halogens is 3. The van der Waals surface area contributed by atoms with Crippen LogP contribution < -0.4 is 10.5 Å². The van der Waals surface area contributed by atoms with Crippen molar-refractivity contribution in [3.63, 3.8) is 0 Å². The molecule has 134 valence electrons. The molecule has 1 aromatic rings. The molecule has 0 radical (unpaired) electrons. The number of alkyl halides is 3. The van der Waals surface area contributed by atoms with Crippen molar-refractivity contribution >= 4 is 15.7 Å². The number of benzene rings is 1. The Kier molecular flexibility index (Phi) is 5.16. The third-order valence-electron chi connectivity index (χ3n) is 4.04. The number of nitrogens with zero attached hydrogens (tertiary/aromatic N) is 1. The van der Waals surface area contributed by atoms with Crippen LogP contribution in [-0.2, 0) is 16.2 Å². The van der Waals surface area contributed by atoms with Crippen molar-refractivity contribution < 1.29 is 26.5 Å². The molecule has 0 saturated heterocycles. The van der Waals surface area contributed by atoms with E-state index in [1.807, 2.05) is 0 Å². The van der Waals surface area contributed by atoms with E-state index in [9.17, 15) is 31.7 Å². The molecule has 0 aromatic heterocycles. The fourth-order valence-electron chi connectivity index (χ4n) is 2.82. The number of rotatable bonds is 5. The molecule has 2 atom stereocenters. The normalized spacial score (nSPS) is 21.8. The lowest BCUT2D eigenvalue weighted by molar-refractivity contribution is -0.385. The van der Waals surface area contributed by atoms with E-state index in [-0.39, 0.29) is 18.5 Å². The largest absolute Gasteiger partial charge is 0.417 e. The highest BCUT2D eigenvalue weighted by atomic mass is 32.2. The fraction of sp³-hybridized carbons (Fsp3) is 0.538. The molecule has 11 heteroatoms. The first-order valence-electron chi connectivity index (χ1n) is 7.14. The van der Waals surface area contributed by atoms with Crippen molar-refractivity contribution in [1.29, 1.82) is 0 Å². The highest BCUT2D eigenvalue weighted by Crippen LogP contribution is 2.37. The summed E-state index contributed by atoms with van der Waals surface area (Å²) in [6.45, 7) is 0.222. The summed E-state index contributed by atoms with van der Waals surface area (Å²) in [5.74, 6) is -0.146. The summed E-state index contributed by atoms with van der Waals surface area (Å²) in [5.41, 5.74) is 3.15. The SMILES string of the molecule is NCC1CCCC1NS(=O)(=O)c1ccc([N+](=O)[O-])cc1C(F)(F)F.